The first-order chi connectivity index (χ1) is 17.7. The summed E-state index contributed by atoms with van der Waals surface area (Å²) in [6.07, 6.45) is -11.0. The summed E-state index contributed by atoms with van der Waals surface area (Å²) in [5.41, 5.74) is -1.26. The number of nitro groups is 1. The van der Waals surface area contributed by atoms with Gasteiger partial charge >= 0.3 is 12.4 Å². The largest absolute Gasteiger partial charge is 0.416 e. The first kappa shape index (κ1) is 28.2. The molecule has 0 bridgehead atoms. The fraction of sp³-hybridized carbons (Fsp3) is 0.200. The lowest BCUT2D eigenvalue weighted by molar-refractivity contribution is -0.384. The van der Waals surface area contributed by atoms with Crippen molar-refractivity contribution in [3.8, 4) is 0 Å². The third-order valence-electron chi connectivity index (χ3n) is 5.34. The molecule has 2 N–H and O–H groups in total. The summed E-state index contributed by atoms with van der Waals surface area (Å²) in [5, 5.41) is 16.0. The second kappa shape index (κ2) is 11.3. The van der Waals surface area contributed by atoms with E-state index < -0.39 is 46.4 Å². The van der Waals surface area contributed by atoms with Crippen LogP contribution in [0.1, 0.15) is 34.0 Å². The number of alkyl halides is 6. The zero-order valence-electron chi connectivity index (χ0n) is 19.3. The van der Waals surface area contributed by atoms with E-state index in [0.717, 1.165) is 60.7 Å². The maximum atomic E-state index is 12.8. The van der Waals surface area contributed by atoms with E-state index in [1.807, 2.05) is 0 Å². The molecule has 0 heterocycles. The molecule has 0 aliphatic rings. The van der Waals surface area contributed by atoms with Crippen molar-refractivity contribution >= 4 is 17.5 Å². The van der Waals surface area contributed by atoms with Gasteiger partial charge in [-0.15, -0.1) is 0 Å². The maximum Gasteiger partial charge on any atom is 0.416 e. The number of halogens is 6. The highest BCUT2D eigenvalue weighted by molar-refractivity contribution is 5.82. The number of nitro benzene ring substituents is 1. The lowest BCUT2D eigenvalue weighted by Gasteiger charge is -2.21. The van der Waals surface area contributed by atoms with E-state index in [2.05, 4.69) is 10.6 Å². The van der Waals surface area contributed by atoms with Gasteiger partial charge in [0, 0.05) is 12.1 Å². The number of amides is 2. The van der Waals surface area contributed by atoms with Crippen LogP contribution in [0, 0.1) is 10.1 Å². The van der Waals surface area contributed by atoms with Crippen molar-refractivity contribution in [1.82, 2.24) is 10.6 Å². The SMILES string of the molecule is O=C(Cc1ccc(C(F)(F)F)cc1)NC(NC(=O)Cc1ccc(C(F)(F)F)cc1)c1ccc([N+](=O)[O-])cc1. The Bertz CT molecular complexity index is 1220. The van der Waals surface area contributed by atoms with Gasteiger partial charge in [-0.25, -0.2) is 0 Å². The second-order valence-electron chi connectivity index (χ2n) is 8.16. The molecule has 0 aliphatic heterocycles. The maximum absolute atomic E-state index is 12.8. The van der Waals surface area contributed by atoms with Gasteiger partial charge < -0.3 is 10.6 Å². The van der Waals surface area contributed by atoms with Gasteiger partial charge in [-0.3, -0.25) is 19.7 Å². The minimum absolute atomic E-state index is 0.247. The number of rotatable bonds is 8. The Morgan fingerprint density at radius 2 is 1.05 bits per heavy atom. The molecule has 2 amide bonds. The van der Waals surface area contributed by atoms with Gasteiger partial charge in [0.1, 0.15) is 6.17 Å². The fourth-order valence-electron chi connectivity index (χ4n) is 3.41. The van der Waals surface area contributed by atoms with Crippen LogP contribution < -0.4 is 10.6 Å². The molecule has 7 nitrogen and oxygen atoms in total. The smallest absolute Gasteiger partial charge is 0.332 e. The summed E-state index contributed by atoms with van der Waals surface area (Å²) >= 11 is 0. The average Bonchev–Trinajstić information content (AvgIpc) is 2.83. The Morgan fingerprint density at radius 1 is 0.684 bits per heavy atom. The van der Waals surface area contributed by atoms with Gasteiger partial charge in [0.05, 0.1) is 28.9 Å². The average molecular weight is 539 g/mol. The van der Waals surface area contributed by atoms with Crippen LogP contribution in [0.3, 0.4) is 0 Å². The lowest BCUT2D eigenvalue weighted by Crippen LogP contribution is -2.42. The second-order valence-corrected chi connectivity index (χ2v) is 8.16. The van der Waals surface area contributed by atoms with Gasteiger partial charge in [-0.1, -0.05) is 24.3 Å². The summed E-state index contributed by atoms with van der Waals surface area (Å²) in [6, 6.07) is 12.7. The third kappa shape index (κ3) is 7.79. The summed E-state index contributed by atoms with van der Waals surface area (Å²) in [6.45, 7) is 0. The molecule has 3 aromatic carbocycles. The normalized spacial score (nSPS) is 11.8. The number of nitrogens with zero attached hydrogens (tertiary/aromatic N) is 1. The first-order valence-electron chi connectivity index (χ1n) is 10.9. The molecule has 200 valence electrons. The van der Waals surface area contributed by atoms with E-state index in [1.165, 1.54) is 12.1 Å². The summed E-state index contributed by atoms with van der Waals surface area (Å²) in [7, 11) is 0. The van der Waals surface area contributed by atoms with Crippen molar-refractivity contribution in [2.24, 2.45) is 0 Å². The van der Waals surface area contributed by atoms with Crippen LogP contribution in [0.4, 0.5) is 32.0 Å². The molecule has 0 atom stereocenters. The molecule has 0 saturated heterocycles. The van der Waals surface area contributed by atoms with E-state index in [-0.39, 0.29) is 35.2 Å². The monoisotopic (exact) mass is 539 g/mol. The Balaban J connectivity index is 1.74. The van der Waals surface area contributed by atoms with Crippen LogP contribution in [0.15, 0.2) is 72.8 Å². The summed E-state index contributed by atoms with van der Waals surface area (Å²) < 4.78 is 76.5. The van der Waals surface area contributed by atoms with Crippen LogP contribution in [0.25, 0.3) is 0 Å². The highest BCUT2D eigenvalue weighted by atomic mass is 19.4. The molecule has 0 saturated carbocycles. The van der Waals surface area contributed by atoms with Crippen molar-refractivity contribution in [3.05, 3.63) is 111 Å². The van der Waals surface area contributed by atoms with Crippen molar-refractivity contribution in [1.29, 1.82) is 0 Å². The highest BCUT2D eigenvalue weighted by Crippen LogP contribution is 2.30. The molecule has 3 rings (SSSR count). The standard InChI is InChI=1S/C25H19F6N3O4/c26-24(27,28)18-7-1-15(2-8-18)13-21(35)32-23(17-5-11-20(12-6-17)34(37)38)33-22(36)14-16-3-9-19(10-4-16)25(29,30)31/h1-12,23H,13-14H2,(H,32,35)(H,33,36). The lowest BCUT2D eigenvalue weighted by atomic mass is 10.1. The Hall–Kier alpha value is -4.42. The molecule has 38 heavy (non-hydrogen) atoms. The number of carbonyl (C=O) groups is 2. The van der Waals surface area contributed by atoms with E-state index in [0.29, 0.717) is 0 Å². The number of benzene rings is 3. The van der Waals surface area contributed by atoms with Crippen molar-refractivity contribution in [2.75, 3.05) is 0 Å². The minimum Gasteiger partial charge on any atom is -0.332 e. The number of carbonyl (C=O) groups excluding carboxylic acids is 2. The predicted molar refractivity (Wildman–Crippen MR) is 122 cm³/mol. The zero-order valence-corrected chi connectivity index (χ0v) is 19.3. The van der Waals surface area contributed by atoms with Gasteiger partial charge in [-0.05, 0) is 53.1 Å². The molecule has 0 aromatic heterocycles. The van der Waals surface area contributed by atoms with E-state index in [4.69, 9.17) is 0 Å². The van der Waals surface area contributed by atoms with Crippen LogP contribution in [-0.4, -0.2) is 16.7 Å². The Morgan fingerprint density at radius 3 is 1.37 bits per heavy atom. The van der Waals surface area contributed by atoms with Crippen molar-refractivity contribution < 1.29 is 40.9 Å². The quantitative estimate of drug-likeness (QED) is 0.174. The fourth-order valence-corrected chi connectivity index (χ4v) is 3.41. The molecule has 0 spiro atoms. The van der Waals surface area contributed by atoms with Gasteiger partial charge in [0.25, 0.3) is 5.69 Å². The van der Waals surface area contributed by atoms with E-state index in [9.17, 15) is 46.0 Å². The Kier molecular flexibility index (Phi) is 8.39. The third-order valence-corrected chi connectivity index (χ3v) is 5.34. The molecule has 0 fully saturated rings. The van der Waals surface area contributed by atoms with Crippen LogP contribution >= 0.6 is 0 Å². The van der Waals surface area contributed by atoms with Crippen molar-refractivity contribution in [3.63, 3.8) is 0 Å². The topological polar surface area (TPSA) is 101 Å². The molecule has 0 unspecified atom stereocenters. The minimum atomic E-state index is -4.54. The van der Waals surface area contributed by atoms with Gasteiger partial charge in [0.15, 0.2) is 0 Å². The molecule has 3 aromatic rings. The van der Waals surface area contributed by atoms with Crippen LogP contribution in [0.5, 0.6) is 0 Å². The summed E-state index contributed by atoms with van der Waals surface area (Å²) in [5.74, 6) is -1.36. The number of hydrogen-bond donors (Lipinski definition) is 2. The molecule has 13 heteroatoms. The predicted octanol–water partition coefficient (Wildman–Crippen LogP) is 5.35. The summed E-state index contributed by atoms with van der Waals surface area (Å²) in [4.78, 5) is 35.5. The molecular weight excluding hydrogens is 520 g/mol. The van der Waals surface area contributed by atoms with Crippen LogP contribution in [-0.2, 0) is 34.8 Å². The van der Waals surface area contributed by atoms with E-state index in [1.54, 1.807) is 0 Å². The molecule has 0 aliphatic carbocycles. The number of nitrogens with one attached hydrogen (secondary N) is 2. The molecular formula is C25H19F6N3O4. The first-order valence-corrected chi connectivity index (χ1v) is 10.9. The number of non-ortho nitro benzene ring substituents is 1. The van der Waals surface area contributed by atoms with E-state index >= 15 is 0 Å². The number of hydrogen-bond acceptors (Lipinski definition) is 4. The van der Waals surface area contributed by atoms with Gasteiger partial charge in [-0.2, -0.15) is 26.3 Å². The Labute approximate surface area is 211 Å². The van der Waals surface area contributed by atoms with Crippen molar-refractivity contribution in [2.45, 2.75) is 31.4 Å². The highest BCUT2D eigenvalue weighted by Gasteiger charge is 2.31. The van der Waals surface area contributed by atoms with Gasteiger partial charge in [0.2, 0.25) is 11.8 Å². The molecule has 0 radical (unpaired) electrons. The van der Waals surface area contributed by atoms with Crippen LogP contribution in [0.2, 0.25) is 0 Å². The zero-order chi connectivity index (χ0) is 28.1.